The van der Waals surface area contributed by atoms with Crippen LogP contribution in [0.15, 0.2) is 28.7 Å². The van der Waals surface area contributed by atoms with Crippen molar-refractivity contribution in [2.24, 2.45) is 0 Å². The molecule has 0 aliphatic heterocycles. The van der Waals surface area contributed by atoms with Gasteiger partial charge in [0.15, 0.2) is 0 Å². The summed E-state index contributed by atoms with van der Waals surface area (Å²) >= 11 is 3.27. The van der Waals surface area contributed by atoms with Crippen LogP contribution < -0.4 is 5.32 Å². The smallest absolute Gasteiger partial charge is 0.244 e. The SMILES string of the molecule is O=C(C=Cc1cc(Br)ccc1F)NC1CCCC1. The minimum absolute atomic E-state index is 0.152. The Balaban J connectivity index is 1.96. The van der Waals surface area contributed by atoms with Crippen LogP contribution in [0, 0.1) is 5.82 Å². The van der Waals surface area contributed by atoms with E-state index in [1.54, 1.807) is 12.1 Å². The molecule has 4 heteroatoms. The number of hydrogen-bond acceptors (Lipinski definition) is 1. The molecule has 1 aromatic carbocycles. The zero-order valence-corrected chi connectivity index (χ0v) is 11.5. The summed E-state index contributed by atoms with van der Waals surface area (Å²) in [4.78, 5) is 11.6. The first kappa shape index (κ1) is 13.3. The van der Waals surface area contributed by atoms with E-state index in [0.29, 0.717) is 5.56 Å². The first-order valence-corrected chi connectivity index (χ1v) is 6.88. The van der Waals surface area contributed by atoms with E-state index in [4.69, 9.17) is 0 Å². The molecule has 2 rings (SSSR count). The molecule has 1 N–H and O–H groups in total. The first-order valence-electron chi connectivity index (χ1n) is 6.09. The minimum Gasteiger partial charge on any atom is -0.350 e. The molecule has 1 amide bonds. The summed E-state index contributed by atoms with van der Waals surface area (Å²) in [5.74, 6) is -0.482. The van der Waals surface area contributed by atoms with Gasteiger partial charge in [-0.05, 0) is 37.1 Å². The fourth-order valence-electron chi connectivity index (χ4n) is 2.13. The number of rotatable bonds is 3. The number of amides is 1. The van der Waals surface area contributed by atoms with Crippen LogP contribution in [0.5, 0.6) is 0 Å². The second kappa shape index (κ2) is 6.14. The standard InChI is InChI=1S/C14H15BrFNO/c15-11-6-7-13(16)10(9-11)5-8-14(18)17-12-3-1-2-4-12/h5-9,12H,1-4H2,(H,17,18). The van der Waals surface area contributed by atoms with Crippen LogP contribution in [-0.2, 0) is 4.79 Å². The van der Waals surface area contributed by atoms with Gasteiger partial charge in [-0.25, -0.2) is 4.39 Å². The lowest BCUT2D eigenvalue weighted by Gasteiger charge is -2.09. The molecular formula is C14H15BrFNO. The highest BCUT2D eigenvalue weighted by atomic mass is 79.9. The monoisotopic (exact) mass is 311 g/mol. The lowest BCUT2D eigenvalue weighted by molar-refractivity contribution is -0.117. The molecule has 1 fully saturated rings. The molecule has 0 saturated heterocycles. The topological polar surface area (TPSA) is 29.1 Å². The molecule has 2 nitrogen and oxygen atoms in total. The second-order valence-electron chi connectivity index (χ2n) is 4.49. The van der Waals surface area contributed by atoms with Gasteiger partial charge in [-0.15, -0.1) is 0 Å². The number of nitrogens with one attached hydrogen (secondary N) is 1. The van der Waals surface area contributed by atoms with Crippen molar-refractivity contribution in [1.29, 1.82) is 0 Å². The van der Waals surface area contributed by atoms with Crippen LogP contribution >= 0.6 is 15.9 Å². The van der Waals surface area contributed by atoms with E-state index in [1.807, 2.05) is 0 Å². The van der Waals surface area contributed by atoms with Crippen molar-refractivity contribution >= 4 is 27.9 Å². The van der Waals surface area contributed by atoms with Gasteiger partial charge in [0.1, 0.15) is 5.82 Å². The average molecular weight is 312 g/mol. The van der Waals surface area contributed by atoms with E-state index in [0.717, 1.165) is 17.3 Å². The Morgan fingerprint density at radius 2 is 2.11 bits per heavy atom. The molecule has 0 unspecified atom stereocenters. The predicted octanol–water partition coefficient (Wildman–Crippen LogP) is 3.66. The molecule has 18 heavy (non-hydrogen) atoms. The van der Waals surface area contributed by atoms with Crippen LogP contribution in [0.4, 0.5) is 4.39 Å². The number of carbonyl (C=O) groups excluding carboxylic acids is 1. The van der Waals surface area contributed by atoms with E-state index in [2.05, 4.69) is 21.2 Å². The number of hydrogen-bond donors (Lipinski definition) is 1. The van der Waals surface area contributed by atoms with Gasteiger partial charge < -0.3 is 5.32 Å². The molecule has 1 aromatic rings. The number of benzene rings is 1. The van der Waals surface area contributed by atoms with Gasteiger partial charge in [-0.2, -0.15) is 0 Å². The lowest BCUT2D eigenvalue weighted by atomic mass is 10.2. The van der Waals surface area contributed by atoms with E-state index >= 15 is 0 Å². The van der Waals surface area contributed by atoms with Crippen molar-refractivity contribution in [3.8, 4) is 0 Å². The Kier molecular flexibility index (Phi) is 4.53. The minimum atomic E-state index is -0.330. The normalized spacial score (nSPS) is 16.3. The molecule has 0 atom stereocenters. The van der Waals surface area contributed by atoms with Crippen molar-refractivity contribution in [1.82, 2.24) is 5.32 Å². The van der Waals surface area contributed by atoms with Crippen LogP contribution in [0.2, 0.25) is 0 Å². The molecular weight excluding hydrogens is 297 g/mol. The maximum atomic E-state index is 13.4. The van der Waals surface area contributed by atoms with Crippen molar-refractivity contribution < 1.29 is 9.18 Å². The third-order valence-corrected chi connectivity index (χ3v) is 3.57. The van der Waals surface area contributed by atoms with Crippen molar-refractivity contribution in [2.75, 3.05) is 0 Å². The van der Waals surface area contributed by atoms with E-state index < -0.39 is 0 Å². The van der Waals surface area contributed by atoms with Gasteiger partial charge in [0.05, 0.1) is 0 Å². The zero-order chi connectivity index (χ0) is 13.0. The van der Waals surface area contributed by atoms with Crippen molar-refractivity contribution in [3.05, 3.63) is 40.1 Å². The third kappa shape index (κ3) is 3.67. The van der Waals surface area contributed by atoms with E-state index in [-0.39, 0.29) is 17.8 Å². The predicted molar refractivity (Wildman–Crippen MR) is 73.5 cm³/mol. The highest BCUT2D eigenvalue weighted by Gasteiger charge is 2.15. The van der Waals surface area contributed by atoms with Gasteiger partial charge in [0.2, 0.25) is 5.91 Å². The summed E-state index contributed by atoms with van der Waals surface area (Å²) in [6.07, 6.45) is 7.34. The molecule has 0 radical (unpaired) electrons. The lowest BCUT2D eigenvalue weighted by Crippen LogP contribution is -2.30. The summed E-state index contributed by atoms with van der Waals surface area (Å²) in [7, 11) is 0. The largest absolute Gasteiger partial charge is 0.350 e. The molecule has 96 valence electrons. The molecule has 1 aliphatic carbocycles. The zero-order valence-electron chi connectivity index (χ0n) is 9.96. The summed E-state index contributed by atoms with van der Waals surface area (Å²) in [6.45, 7) is 0. The summed E-state index contributed by atoms with van der Waals surface area (Å²) in [5, 5.41) is 2.92. The Labute approximate surface area is 114 Å². The van der Waals surface area contributed by atoms with Crippen LogP contribution in [0.25, 0.3) is 6.08 Å². The molecule has 1 saturated carbocycles. The van der Waals surface area contributed by atoms with Gasteiger partial charge in [-0.3, -0.25) is 4.79 Å². The summed E-state index contributed by atoms with van der Waals surface area (Å²) in [5.41, 5.74) is 0.408. The molecule has 0 aromatic heterocycles. The fourth-order valence-corrected chi connectivity index (χ4v) is 2.51. The average Bonchev–Trinajstić information content (AvgIpc) is 2.83. The Morgan fingerprint density at radius 1 is 1.39 bits per heavy atom. The van der Waals surface area contributed by atoms with Crippen LogP contribution in [0.1, 0.15) is 31.2 Å². The fraction of sp³-hybridized carbons (Fsp3) is 0.357. The Morgan fingerprint density at radius 3 is 2.83 bits per heavy atom. The number of halogens is 2. The quantitative estimate of drug-likeness (QED) is 0.848. The highest BCUT2D eigenvalue weighted by molar-refractivity contribution is 9.10. The first-order chi connectivity index (χ1) is 8.65. The third-order valence-electron chi connectivity index (χ3n) is 3.07. The van der Waals surface area contributed by atoms with Gasteiger partial charge >= 0.3 is 0 Å². The van der Waals surface area contributed by atoms with Gasteiger partial charge in [0, 0.05) is 22.2 Å². The van der Waals surface area contributed by atoms with Gasteiger partial charge in [-0.1, -0.05) is 28.8 Å². The summed E-state index contributed by atoms with van der Waals surface area (Å²) in [6, 6.07) is 4.94. The van der Waals surface area contributed by atoms with E-state index in [9.17, 15) is 9.18 Å². The van der Waals surface area contributed by atoms with E-state index in [1.165, 1.54) is 31.1 Å². The molecule has 0 spiro atoms. The van der Waals surface area contributed by atoms with Crippen molar-refractivity contribution in [3.63, 3.8) is 0 Å². The maximum absolute atomic E-state index is 13.4. The molecule has 0 heterocycles. The molecule has 0 bridgehead atoms. The van der Waals surface area contributed by atoms with Gasteiger partial charge in [0.25, 0.3) is 0 Å². The van der Waals surface area contributed by atoms with Crippen molar-refractivity contribution in [2.45, 2.75) is 31.7 Å². The molecule has 1 aliphatic rings. The summed E-state index contributed by atoms with van der Waals surface area (Å²) < 4.78 is 14.2. The Bertz CT molecular complexity index is 467. The van der Waals surface area contributed by atoms with Crippen LogP contribution in [-0.4, -0.2) is 11.9 Å². The second-order valence-corrected chi connectivity index (χ2v) is 5.40. The van der Waals surface area contributed by atoms with Crippen LogP contribution in [0.3, 0.4) is 0 Å². The number of carbonyl (C=O) groups is 1. The Hall–Kier alpha value is -1.16. The highest BCUT2D eigenvalue weighted by Crippen LogP contribution is 2.18. The maximum Gasteiger partial charge on any atom is 0.244 e.